The topological polar surface area (TPSA) is 66.8 Å². The van der Waals surface area contributed by atoms with Crippen LogP contribution in [0.15, 0.2) is 54.6 Å². The molecule has 0 spiro atoms. The maximum atomic E-state index is 12.8. The van der Waals surface area contributed by atoms with Gasteiger partial charge in [-0.3, -0.25) is 9.59 Å². The highest BCUT2D eigenvalue weighted by Gasteiger charge is 2.30. The van der Waals surface area contributed by atoms with Gasteiger partial charge in [-0.1, -0.05) is 48.5 Å². The molecule has 0 aromatic heterocycles. The fraction of sp³-hybridized carbons (Fsp3) is 0.263. The van der Waals surface area contributed by atoms with E-state index in [4.69, 9.17) is 9.84 Å². The van der Waals surface area contributed by atoms with Crippen molar-refractivity contribution in [3.8, 4) is 5.75 Å². The lowest BCUT2D eigenvalue weighted by Crippen LogP contribution is -2.42. The third kappa shape index (κ3) is 3.74. The summed E-state index contributed by atoms with van der Waals surface area (Å²) in [5.41, 5.74) is 1.89. The molecule has 1 aliphatic heterocycles. The minimum atomic E-state index is -1.02. The molecule has 24 heavy (non-hydrogen) atoms. The molecule has 1 amide bonds. The van der Waals surface area contributed by atoms with Gasteiger partial charge in [-0.15, -0.1) is 0 Å². The van der Waals surface area contributed by atoms with Crippen molar-refractivity contribution in [2.75, 3.05) is 13.2 Å². The number of hydrogen-bond donors (Lipinski definition) is 1. The van der Waals surface area contributed by atoms with Crippen molar-refractivity contribution in [1.29, 1.82) is 0 Å². The summed E-state index contributed by atoms with van der Waals surface area (Å²) in [6.45, 7) is 0.247. The third-order valence-corrected chi connectivity index (χ3v) is 4.08. The van der Waals surface area contributed by atoms with Crippen molar-refractivity contribution in [3.05, 3.63) is 65.7 Å². The van der Waals surface area contributed by atoms with Crippen molar-refractivity contribution in [2.24, 2.45) is 5.92 Å². The summed E-state index contributed by atoms with van der Waals surface area (Å²) in [5.74, 6) is -0.760. The molecule has 0 saturated heterocycles. The Morgan fingerprint density at radius 1 is 1.08 bits per heavy atom. The van der Waals surface area contributed by atoms with E-state index in [2.05, 4.69) is 0 Å². The number of rotatable bonds is 5. The lowest BCUT2D eigenvalue weighted by atomic mass is 9.95. The van der Waals surface area contributed by atoms with Crippen LogP contribution in [0.25, 0.3) is 0 Å². The predicted molar refractivity (Wildman–Crippen MR) is 88.6 cm³/mol. The molecule has 5 heteroatoms. The Balaban J connectivity index is 1.75. The smallest absolute Gasteiger partial charge is 0.323 e. The number of nitrogens with zero attached hydrogens (tertiary/aromatic N) is 1. The van der Waals surface area contributed by atoms with Gasteiger partial charge in [0.05, 0.1) is 5.92 Å². The first-order chi connectivity index (χ1) is 11.6. The first kappa shape index (κ1) is 16.1. The molecule has 5 nitrogen and oxygen atoms in total. The maximum Gasteiger partial charge on any atom is 0.323 e. The quantitative estimate of drug-likeness (QED) is 0.916. The highest BCUT2D eigenvalue weighted by atomic mass is 16.5. The lowest BCUT2D eigenvalue weighted by molar-refractivity contribution is -0.147. The maximum absolute atomic E-state index is 12.8. The molecule has 124 valence electrons. The van der Waals surface area contributed by atoms with Gasteiger partial charge < -0.3 is 14.7 Å². The number of para-hydroxylation sites is 1. The molecule has 0 aliphatic carbocycles. The van der Waals surface area contributed by atoms with Gasteiger partial charge in [-0.05, 0) is 23.6 Å². The number of benzene rings is 2. The molecule has 0 fully saturated rings. The van der Waals surface area contributed by atoms with Gasteiger partial charge in [0, 0.05) is 6.54 Å². The van der Waals surface area contributed by atoms with Gasteiger partial charge in [-0.2, -0.15) is 0 Å². The molecule has 1 atom stereocenters. The third-order valence-electron chi connectivity index (χ3n) is 4.08. The van der Waals surface area contributed by atoms with E-state index < -0.39 is 5.97 Å². The zero-order valence-electron chi connectivity index (χ0n) is 13.2. The molecular weight excluding hydrogens is 306 g/mol. The van der Waals surface area contributed by atoms with Crippen LogP contribution in [0.5, 0.6) is 5.75 Å². The number of carbonyl (C=O) groups excluding carboxylic acids is 1. The summed E-state index contributed by atoms with van der Waals surface area (Å²) in [6, 6.07) is 17.0. The van der Waals surface area contributed by atoms with Gasteiger partial charge in [0.2, 0.25) is 5.91 Å². The summed E-state index contributed by atoms with van der Waals surface area (Å²) >= 11 is 0. The Bertz CT molecular complexity index is 729. The van der Waals surface area contributed by atoms with Crippen LogP contribution in [0.1, 0.15) is 11.1 Å². The number of carbonyl (C=O) groups is 2. The van der Waals surface area contributed by atoms with E-state index in [0.29, 0.717) is 6.42 Å². The Kier molecular flexibility index (Phi) is 4.79. The summed E-state index contributed by atoms with van der Waals surface area (Å²) in [4.78, 5) is 25.4. The molecule has 2 aromatic carbocycles. The molecule has 0 saturated carbocycles. The second-order valence-electron chi connectivity index (χ2n) is 5.89. The molecular formula is C19H19NO4. The van der Waals surface area contributed by atoms with E-state index in [1.807, 2.05) is 54.6 Å². The standard InChI is InChI=1S/C19H19NO4/c21-18(22)12-20(11-14-6-2-1-3-7-14)19(23)16-10-15-8-4-5-9-17(15)24-13-16/h1-9,16H,10-13H2,(H,21,22). The SMILES string of the molecule is O=C(O)CN(Cc1ccccc1)C(=O)C1COc2ccccc2C1. The normalized spacial score (nSPS) is 15.9. The van der Waals surface area contributed by atoms with E-state index in [9.17, 15) is 9.59 Å². The summed E-state index contributed by atoms with van der Waals surface area (Å²) < 4.78 is 5.67. The monoisotopic (exact) mass is 325 g/mol. The Hall–Kier alpha value is -2.82. The molecule has 1 unspecified atom stereocenters. The van der Waals surface area contributed by atoms with E-state index in [-0.39, 0.29) is 31.5 Å². The lowest BCUT2D eigenvalue weighted by Gasteiger charge is -2.29. The van der Waals surface area contributed by atoms with Gasteiger partial charge in [-0.25, -0.2) is 0 Å². The molecule has 1 aliphatic rings. The van der Waals surface area contributed by atoms with Crippen LogP contribution in [-0.4, -0.2) is 35.0 Å². The molecule has 0 radical (unpaired) electrons. The van der Waals surface area contributed by atoms with E-state index in [0.717, 1.165) is 16.9 Å². The van der Waals surface area contributed by atoms with Crippen molar-refractivity contribution in [3.63, 3.8) is 0 Å². The predicted octanol–water partition coefficient (Wildman–Crippen LogP) is 2.35. The van der Waals surface area contributed by atoms with Gasteiger partial charge >= 0.3 is 5.97 Å². The van der Waals surface area contributed by atoms with Crippen molar-refractivity contribution < 1.29 is 19.4 Å². The van der Waals surface area contributed by atoms with Crippen LogP contribution in [0, 0.1) is 5.92 Å². The van der Waals surface area contributed by atoms with Crippen LogP contribution in [0.2, 0.25) is 0 Å². The van der Waals surface area contributed by atoms with E-state index in [1.54, 1.807) is 0 Å². The first-order valence-electron chi connectivity index (χ1n) is 7.88. The second-order valence-corrected chi connectivity index (χ2v) is 5.89. The number of hydrogen-bond acceptors (Lipinski definition) is 3. The van der Waals surface area contributed by atoms with Crippen molar-refractivity contribution in [2.45, 2.75) is 13.0 Å². The van der Waals surface area contributed by atoms with Gasteiger partial charge in [0.25, 0.3) is 0 Å². The Labute approximate surface area is 140 Å². The number of aliphatic carboxylic acids is 1. The fourth-order valence-corrected chi connectivity index (χ4v) is 2.92. The van der Waals surface area contributed by atoms with Crippen molar-refractivity contribution in [1.82, 2.24) is 4.90 Å². The molecule has 3 rings (SSSR count). The molecule has 0 bridgehead atoms. The summed E-state index contributed by atoms with van der Waals surface area (Å²) in [7, 11) is 0. The number of carboxylic acid groups (broad SMARTS) is 1. The first-order valence-corrected chi connectivity index (χ1v) is 7.88. The number of ether oxygens (including phenoxy) is 1. The minimum absolute atomic E-state index is 0.184. The molecule has 1 heterocycles. The minimum Gasteiger partial charge on any atom is -0.492 e. The largest absolute Gasteiger partial charge is 0.492 e. The van der Waals surface area contributed by atoms with Crippen LogP contribution in [-0.2, 0) is 22.6 Å². The van der Waals surface area contributed by atoms with Crippen LogP contribution in [0.3, 0.4) is 0 Å². The van der Waals surface area contributed by atoms with Gasteiger partial charge in [0.15, 0.2) is 0 Å². The molecule has 2 aromatic rings. The highest BCUT2D eigenvalue weighted by molar-refractivity contribution is 5.83. The van der Waals surface area contributed by atoms with E-state index >= 15 is 0 Å². The zero-order valence-corrected chi connectivity index (χ0v) is 13.2. The van der Waals surface area contributed by atoms with Crippen LogP contribution < -0.4 is 4.74 Å². The van der Waals surface area contributed by atoms with Gasteiger partial charge in [0.1, 0.15) is 18.9 Å². The van der Waals surface area contributed by atoms with Crippen LogP contribution >= 0.6 is 0 Å². The second kappa shape index (κ2) is 7.17. The summed E-state index contributed by atoms with van der Waals surface area (Å²) in [5, 5.41) is 9.14. The number of fused-ring (bicyclic) bond motifs is 1. The average Bonchev–Trinajstić information content (AvgIpc) is 2.60. The highest BCUT2D eigenvalue weighted by Crippen LogP contribution is 2.28. The van der Waals surface area contributed by atoms with E-state index in [1.165, 1.54) is 4.90 Å². The Morgan fingerprint density at radius 3 is 2.54 bits per heavy atom. The summed E-state index contributed by atoms with van der Waals surface area (Å²) in [6.07, 6.45) is 0.569. The average molecular weight is 325 g/mol. The number of carboxylic acids is 1. The van der Waals surface area contributed by atoms with Crippen LogP contribution in [0.4, 0.5) is 0 Å². The zero-order chi connectivity index (χ0) is 16.9. The Morgan fingerprint density at radius 2 is 1.79 bits per heavy atom. The van der Waals surface area contributed by atoms with Crippen molar-refractivity contribution >= 4 is 11.9 Å². The fourth-order valence-electron chi connectivity index (χ4n) is 2.92. The number of amides is 1. The molecule has 1 N–H and O–H groups in total.